The first kappa shape index (κ1) is 17.7. The Morgan fingerprint density at radius 1 is 1.26 bits per heavy atom. The van der Waals surface area contributed by atoms with Crippen LogP contribution in [0.4, 0.5) is 0 Å². The molecule has 0 fully saturated rings. The molecule has 0 saturated heterocycles. The number of unbranched alkanes of at least 4 members (excludes halogenated alkanes) is 3. The smallest absolute Gasteiger partial charge is 0.0739 e. The van der Waals surface area contributed by atoms with Crippen LogP contribution in [0.5, 0.6) is 0 Å². The fraction of sp³-hybridized carbons (Fsp3) is 0.400. The molecule has 0 aliphatic heterocycles. The van der Waals surface area contributed by atoms with E-state index in [2.05, 4.69) is 12.7 Å². The first-order chi connectivity index (χ1) is 9.10. The van der Waals surface area contributed by atoms with Crippen molar-refractivity contribution < 1.29 is 15.6 Å². The number of halogens is 1. The van der Waals surface area contributed by atoms with Gasteiger partial charge in [0.1, 0.15) is 0 Å². The van der Waals surface area contributed by atoms with E-state index in [1.165, 1.54) is 31.8 Å². The van der Waals surface area contributed by atoms with Crippen LogP contribution in [-0.4, -0.2) is 12.5 Å². The van der Waals surface area contributed by atoms with Gasteiger partial charge in [-0.05, 0) is 36.6 Å². The second kappa shape index (κ2) is 11.8. The molecular formula is C15H22ClNO2. The van der Waals surface area contributed by atoms with E-state index in [0.29, 0.717) is 5.02 Å². The Balaban J connectivity index is 0.000000399. The first-order valence-corrected chi connectivity index (χ1v) is 6.91. The zero-order chi connectivity index (χ0) is 14.5. The van der Waals surface area contributed by atoms with Crippen LogP contribution in [0.1, 0.15) is 38.2 Å². The van der Waals surface area contributed by atoms with Crippen LogP contribution >= 0.6 is 11.6 Å². The minimum atomic E-state index is -1.20. The summed E-state index contributed by atoms with van der Waals surface area (Å²) in [6.07, 6.45) is 7.83. The Bertz CT molecular complexity index is 370. The predicted molar refractivity (Wildman–Crippen MR) is 77.4 cm³/mol. The van der Waals surface area contributed by atoms with Gasteiger partial charge in [-0.15, -0.1) is 0 Å². The van der Waals surface area contributed by atoms with Crippen LogP contribution in [0.3, 0.4) is 0 Å². The van der Waals surface area contributed by atoms with E-state index in [0.717, 1.165) is 18.2 Å². The highest BCUT2D eigenvalue weighted by atomic mass is 35.5. The van der Waals surface area contributed by atoms with Crippen molar-refractivity contribution in [2.45, 2.75) is 32.6 Å². The number of carboxylic acid groups (broad SMARTS) is 1. The molecule has 1 aromatic carbocycles. The summed E-state index contributed by atoms with van der Waals surface area (Å²) in [6, 6.07) is 6.83. The molecule has 0 unspecified atom stereocenters. The summed E-state index contributed by atoms with van der Waals surface area (Å²) in [4.78, 5) is 10.0. The normalized spacial score (nSPS) is 10.1. The summed E-state index contributed by atoms with van der Waals surface area (Å²) in [6.45, 7) is 3.34. The van der Waals surface area contributed by atoms with E-state index in [9.17, 15) is 9.90 Å². The highest BCUT2D eigenvalue weighted by Gasteiger charge is 1.86. The maximum atomic E-state index is 10.0. The van der Waals surface area contributed by atoms with Gasteiger partial charge in [0.25, 0.3) is 0 Å². The molecule has 106 valence electrons. The number of quaternary nitrogens is 1. The molecule has 3 N–H and O–H groups in total. The van der Waals surface area contributed by atoms with Crippen molar-refractivity contribution in [2.24, 2.45) is 0 Å². The van der Waals surface area contributed by atoms with Crippen molar-refractivity contribution in [2.75, 3.05) is 6.54 Å². The van der Waals surface area contributed by atoms with E-state index in [1.807, 2.05) is 0 Å². The molecule has 19 heavy (non-hydrogen) atoms. The second-order valence-electron chi connectivity index (χ2n) is 4.12. The van der Waals surface area contributed by atoms with Gasteiger partial charge in [0.2, 0.25) is 0 Å². The third kappa shape index (κ3) is 11.5. The molecule has 4 heteroatoms. The molecule has 0 amide bonds. The maximum Gasteiger partial charge on any atom is 0.0739 e. The predicted octanol–water partition coefficient (Wildman–Crippen LogP) is 1.91. The van der Waals surface area contributed by atoms with Crippen molar-refractivity contribution in [1.82, 2.24) is 0 Å². The average Bonchev–Trinajstić information content (AvgIpc) is 2.39. The van der Waals surface area contributed by atoms with Gasteiger partial charge >= 0.3 is 0 Å². The van der Waals surface area contributed by atoms with Crippen LogP contribution in [-0.2, 0) is 4.79 Å². The van der Waals surface area contributed by atoms with E-state index < -0.39 is 5.97 Å². The quantitative estimate of drug-likeness (QED) is 0.640. The van der Waals surface area contributed by atoms with Crippen molar-refractivity contribution in [3.05, 3.63) is 40.9 Å². The van der Waals surface area contributed by atoms with Gasteiger partial charge in [-0.1, -0.05) is 49.6 Å². The molecule has 0 aliphatic rings. The Kier molecular flexibility index (Phi) is 10.9. The van der Waals surface area contributed by atoms with Crippen LogP contribution in [0.2, 0.25) is 5.02 Å². The Labute approximate surface area is 120 Å². The van der Waals surface area contributed by atoms with Gasteiger partial charge in [-0.3, -0.25) is 0 Å². The molecule has 1 aromatic rings. The fourth-order valence-corrected chi connectivity index (χ4v) is 1.47. The molecule has 0 aliphatic carbocycles. The van der Waals surface area contributed by atoms with Gasteiger partial charge in [-0.25, -0.2) is 0 Å². The summed E-state index contributed by atoms with van der Waals surface area (Å²) in [5, 5.41) is 10.6. The van der Waals surface area contributed by atoms with Crippen molar-refractivity contribution in [3.63, 3.8) is 0 Å². The molecule has 0 bridgehead atoms. The van der Waals surface area contributed by atoms with Crippen molar-refractivity contribution in [1.29, 1.82) is 0 Å². The van der Waals surface area contributed by atoms with Gasteiger partial charge < -0.3 is 15.6 Å². The van der Waals surface area contributed by atoms with Crippen molar-refractivity contribution in [3.8, 4) is 0 Å². The highest BCUT2D eigenvalue weighted by molar-refractivity contribution is 6.30. The standard InChI is InChI=1S/C9H7ClO2.C6H15N/c10-8-4-1-7(2-5-8)3-6-9(11)12;1-2-3-4-5-6-7/h1-6H,(H,11,12);2-7H2,1H3/b6-3+;. The Morgan fingerprint density at radius 3 is 2.37 bits per heavy atom. The lowest BCUT2D eigenvalue weighted by Crippen LogP contribution is -2.50. The molecule has 0 spiro atoms. The fourth-order valence-electron chi connectivity index (χ4n) is 1.34. The second-order valence-corrected chi connectivity index (χ2v) is 4.55. The summed E-state index contributed by atoms with van der Waals surface area (Å²) in [5.74, 6) is -1.20. The molecule has 0 atom stereocenters. The molecule has 0 saturated carbocycles. The van der Waals surface area contributed by atoms with Gasteiger partial charge in [0.15, 0.2) is 0 Å². The van der Waals surface area contributed by atoms with Crippen LogP contribution in [0.15, 0.2) is 30.3 Å². The molecule has 0 aromatic heterocycles. The van der Waals surface area contributed by atoms with Crippen LogP contribution in [0, 0.1) is 0 Å². The minimum absolute atomic E-state index is 0.626. The topological polar surface area (TPSA) is 67.8 Å². The summed E-state index contributed by atoms with van der Waals surface area (Å²) in [7, 11) is 0. The van der Waals surface area contributed by atoms with E-state index in [4.69, 9.17) is 11.6 Å². The number of aliphatic carboxylic acids is 1. The van der Waals surface area contributed by atoms with E-state index in [1.54, 1.807) is 24.3 Å². The number of carbonyl (C=O) groups is 1. The van der Waals surface area contributed by atoms with Crippen LogP contribution < -0.4 is 10.8 Å². The SMILES string of the molecule is CCCCCC[NH3+].O=C([O-])/C=C/c1ccc(Cl)cc1. The van der Waals surface area contributed by atoms with Crippen molar-refractivity contribution >= 4 is 23.6 Å². The number of carbonyl (C=O) groups excluding carboxylic acids is 1. The molecular weight excluding hydrogens is 262 g/mol. The third-order valence-electron chi connectivity index (χ3n) is 2.39. The van der Waals surface area contributed by atoms with Gasteiger partial charge in [-0.2, -0.15) is 0 Å². The molecule has 1 rings (SSSR count). The molecule has 0 heterocycles. The maximum absolute atomic E-state index is 10.0. The summed E-state index contributed by atoms with van der Waals surface area (Å²) in [5.41, 5.74) is 4.54. The number of benzene rings is 1. The lowest BCUT2D eigenvalue weighted by molar-refractivity contribution is -0.368. The van der Waals surface area contributed by atoms with Gasteiger partial charge in [0.05, 0.1) is 12.5 Å². The monoisotopic (exact) mass is 283 g/mol. The number of carboxylic acids is 1. The zero-order valence-electron chi connectivity index (χ0n) is 11.4. The van der Waals surface area contributed by atoms with Crippen LogP contribution in [0.25, 0.3) is 6.08 Å². The average molecular weight is 284 g/mol. The lowest BCUT2D eigenvalue weighted by atomic mass is 10.2. The third-order valence-corrected chi connectivity index (χ3v) is 2.64. The molecule has 0 radical (unpaired) electrons. The first-order valence-electron chi connectivity index (χ1n) is 6.54. The minimum Gasteiger partial charge on any atom is -0.545 e. The number of rotatable bonds is 6. The number of hydrogen-bond donors (Lipinski definition) is 1. The lowest BCUT2D eigenvalue weighted by Gasteiger charge is -1.93. The summed E-state index contributed by atoms with van der Waals surface area (Å²) >= 11 is 5.62. The highest BCUT2D eigenvalue weighted by Crippen LogP contribution is 2.10. The zero-order valence-corrected chi connectivity index (χ0v) is 12.2. The van der Waals surface area contributed by atoms with Gasteiger partial charge in [0, 0.05) is 5.02 Å². The van der Waals surface area contributed by atoms with E-state index >= 15 is 0 Å². The van der Waals surface area contributed by atoms with E-state index in [-0.39, 0.29) is 0 Å². The Hall–Kier alpha value is -1.32. The summed E-state index contributed by atoms with van der Waals surface area (Å²) < 4.78 is 0. The molecule has 3 nitrogen and oxygen atoms in total. The Morgan fingerprint density at radius 2 is 1.89 bits per heavy atom. The largest absolute Gasteiger partial charge is 0.545 e. The number of hydrogen-bond acceptors (Lipinski definition) is 2.